The lowest BCUT2D eigenvalue weighted by atomic mass is 10.1. The zero-order valence-corrected chi connectivity index (χ0v) is 14.2. The molecule has 5 heteroatoms. The van der Waals surface area contributed by atoms with Gasteiger partial charge in [-0.3, -0.25) is 4.79 Å². The minimum Gasteiger partial charge on any atom is -0.340 e. The summed E-state index contributed by atoms with van der Waals surface area (Å²) >= 11 is 0. The molecule has 3 aromatic rings. The van der Waals surface area contributed by atoms with Crippen molar-refractivity contribution in [1.29, 1.82) is 5.26 Å². The number of benzene rings is 2. The molecule has 4 rings (SSSR count). The second-order valence-corrected chi connectivity index (χ2v) is 6.40. The van der Waals surface area contributed by atoms with Crippen molar-refractivity contribution in [3.63, 3.8) is 0 Å². The van der Waals surface area contributed by atoms with Gasteiger partial charge in [0.05, 0.1) is 28.7 Å². The molecule has 1 N–H and O–H groups in total. The smallest absolute Gasteiger partial charge is 0.247 e. The van der Waals surface area contributed by atoms with Crippen LogP contribution in [0.1, 0.15) is 35.8 Å². The summed E-state index contributed by atoms with van der Waals surface area (Å²) in [4.78, 5) is 22.6. The molecule has 2 aromatic carbocycles. The molecule has 0 radical (unpaired) electrons. The Kier molecular flexibility index (Phi) is 4.24. The fourth-order valence-electron chi connectivity index (χ4n) is 3.42. The highest BCUT2D eigenvalue weighted by molar-refractivity contribution is 5.92. The fraction of sp³-hybridized carbons (Fsp3) is 0.190. The summed E-state index contributed by atoms with van der Waals surface area (Å²) in [5.41, 5.74) is 3.34. The average Bonchev–Trinajstić information content (AvgIpc) is 3.32. The van der Waals surface area contributed by atoms with Crippen LogP contribution >= 0.6 is 0 Å². The van der Waals surface area contributed by atoms with E-state index in [-0.39, 0.29) is 11.9 Å². The van der Waals surface area contributed by atoms with E-state index in [1.54, 1.807) is 24.3 Å². The van der Waals surface area contributed by atoms with E-state index in [2.05, 4.69) is 16.0 Å². The molecular weight excluding hydrogens is 324 g/mol. The standard InChI is InChI=1S/C21H18N4O/c22-14-16-6-3-5-15(13-16)10-11-20(26)25-12-4-9-19(25)21-23-17-7-1-2-8-18(17)24-21/h1-3,5-8,10-11,13,19H,4,9,12H2,(H,23,24)/b11-10+/t19-/m1/s1. The van der Waals surface area contributed by atoms with Crippen LogP contribution in [0.15, 0.2) is 54.6 Å². The first-order valence-corrected chi connectivity index (χ1v) is 8.68. The third-order valence-corrected chi connectivity index (χ3v) is 4.69. The van der Waals surface area contributed by atoms with Gasteiger partial charge in [0.15, 0.2) is 0 Å². The highest BCUT2D eigenvalue weighted by Gasteiger charge is 2.30. The van der Waals surface area contributed by atoms with Gasteiger partial charge in [-0.15, -0.1) is 0 Å². The Morgan fingerprint density at radius 1 is 1.27 bits per heavy atom. The summed E-state index contributed by atoms with van der Waals surface area (Å²) in [5, 5.41) is 8.97. The number of hydrogen-bond donors (Lipinski definition) is 1. The number of nitriles is 1. The second kappa shape index (κ2) is 6.85. The molecule has 1 fully saturated rings. The van der Waals surface area contributed by atoms with E-state index in [4.69, 9.17) is 5.26 Å². The van der Waals surface area contributed by atoms with E-state index in [0.29, 0.717) is 5.56 Å². The lowest BCUT2D eigenvalue weighted by Crippen LogP contribution is -2.29. The zero-order valence-electron chi connectivity index (χ0n) is 14.2. The van der Waals surface area contributed by atoms with Crippen molar-refractivity contribution in [2.24, 2.45) is 0 Å². The van der Waals surface area contributed by atoms with Gasteiger partial charge in [0.25, 0.3) is 0 Å². The van der Waals surface area contributed by atoms with E-state index in [1.165, 1.54) is 0 Å². The van der Waals surface area contributed by atoms with Crippen LogP contribution in [0, 0.1) is 11.3 Å². The van der Waals surface area contributed by atoms with Crippen molar-refractivity contribution in [1.82, 2.24) is 14.9 Å². The highest BCUT2D eigenvalue weighted by atomic mass is 16.2. The predicted molar refractivity (Wildman–Crippen MR) is 100.0 cm³/mol. The number of para-hydroxylation sites is 2. The maximum atomic E-state index is 12.7. The van der Waals surface area contributed by atoms with E-state index in [9.17, 15) is 4.79 Å². The molecule has 2 heterocycles. The number of aromatic amines is 1. The number of H-pyrrole nitrogens is 1. The van der Waals surface area contributed by atoms with Gasteiger partial charge in [0.2, 0.25) is 5.91 Å². The highest BCUT2D eigenvalue weighted by Crippen LogP contribution is 2.31. The van der Waals surface area contributed by atoms with Gasteiger partial charge in [0.1, 0.15) is 5.82 Å². The molecule has 1 aliphatic heterocycles. The Morgan fingerprint density at radius 2 is 2.15 bits per heavy atom. The van der Waals surface area contributed by atoms with Crippen LogP contribution in [0.5, 0.6) is 0 Å². The Labute approximate surface area is 151 Å². The summed E-state index contributed by atoms with van der Waals surface area (Å²) in [6.45, 7) is 0.725. The number of amides is 1. The summed E-state index contributed by atoms with van der Waals surface area (Å²) in [6, 6.07) is 17.2. The average molecular weight is 342 g/mol. The molecule has 1 aliphatic rings. The number of aromatic nitrogens is 2. The van der Waals surface area contributed by atoms with Gasteiger partial charge >= 0.3 is 0 Å². The van der Waals surface area contributed by atoms with Gasteiger partial charge in [-0.1, -0.05) is 24.3 Å². The van der Waals surface area contributed by atoms with Crippen LogP contribution in [0.4, 0.5) is 0 Å². The van der Waals surface area contributed by atoms with E-state index in [0.717, 1.165) is 41.8 Å². The molecule has 128 valence electrons. The Morgan fingerprint density at radius 3 is 3.00 bits per heavy atom. The minimum absolute atomic E-state index is 0.0232. The first-order chi connectivity index (χ1) is 12.7. The number of likely N-dealkylation sites (tertiary alicyclic amines) is 1. The van der Waals surface area contributed by atoms with Crippen LogP contribution in [-0.4, -0.2) is 27.3 Å². The molecule has 0 spiro atoms. The lowest BCUT2D eigenvalue weighted by Gasteiger charge is -2.21. The molecule has 26 heavy (non-hydrogen) atoms. The van der Waals surface area contributed by atoms with Crippen molar-refractivity contribution in [3.05, 3.63) is 71.6 Å². The SMILES string of the molecule is N#Cc1cccc(/C=C/C(=O)N2CCC[C@@H]2c2nc3ccccc3[nH]2)c1. The molecular formula is C21H18N4O. The van der Waals surface area contributed by atoms with Crippen LogP contribution in [0.2, 0.25) is 0 Å². The Hall–Kier alpha value is -3.39. The summed E-state index contributed by atoms with van der Waals surface area (Å²) < 4.78 is 0. The minimum atomic E-state index is -0.0321. The van der Waals surface area contributed by atoms with Crippen LogP contribution in [-0.2, 0) is 4.79 Å². The van der Waals surface area contributed by atoms with E-state index >= 15 is 0 Å². The van der Waals surface area contributed by atoms with Gasteiger partial charge < -0.3 is 9.88 Å². The number of fused-ring (bicyclic) bond motifs is 1. The number of nitrogens with one attached hydrogen (secondary N) is 1. The van der Waals surface area contributed by atoms with Gasteiger partial charge in [0, 0.05) is 12.6 Å². The molecule has 1 aromatic heterocycles. The van der Waals surface area contributed by atoms with Crippen molar-refractivity contribution in [2.45, 2.75) is 18.9 Å². The third-order valence-electron chi connectivity index (χ3n) is 4.69. The molecule has 0 aliphatic carbocycles. The predicted octanol–water partition coefficient (Wildman–Crippen LogP) is 3.81. The van der Waals surface area contributed by atoms with Gasteiger partial charge in [-0.05, 0) is 48.7 Å². The zero-order chi connectivity index (χ0) is 17.9. The van der Waals surface area contributed by atoms with Crippen LogP contribution in [0.25, 0.3) is 17.1 Å². The van der Waals surface area contributed by atoms with Gasteiger partial charge in [-0.25, -0.2) is 4.98 Å². The normalized spacial score (nSPS) is 17.0. The second-order valence-electron chi connectivity index (χ2n) is 6.40. The maximum Gasteiger partial charge on any atom is 0.247 e. The van der Waals surface area contributed by atoms with Crippen LogP contribution < -0.4 is 0 Å². The molecule has 1 saturated heterocycles. The number of nitrogens with zero attached hydrogens (tertiary/aromatic N) is 3. The van der Waals surface area contributed by atoms with Crippen molar-refractivity contribution in [3.8, 4) is 6.07 Å². The first-order valence-electron chi connectivity index (χ1n) is 8.68. The number of rotatable bonds is 3. The molecule has 1 atom stereocenters. The quantitative estimate of drug-likeness (QED) is 0.736. The van der Waals surface area contributed by atoms with E-state index in [1.807, 2.05) is 41.3 Å². The summed E-state index contributed by atoms with van der Waals surface area (Å²) in [6.07, 6.45) is 5.21. The molecule has 5 nitrogen and oxygen atoms in total. The maximum absolute atomic E-state index is 12.7. The van der Waals surface area contributed by atoms with Crippen molar-refractivity contribution in [2.75, 3.05) is 6.54 Å². The molecule has 1 amide bonds. The van der Waals surface area contributed by atoms with E-state index < -0.39 is 0 Å². The molecule has 0 bridgehead atoms. The lowest BCUT2D eigenvalue weighted by molar-refractivity contribution is -0.126. The third kappa shape index (κ3) is 3.09. The molecule has 0 saturated carbocycles. The van der Waals surface area contributed by atoms with Crippen molar-refractivity contribution < 1.29 is 4.79 Å². The van der Waals surface area contributed by atoms with Crippen LogP contribution in [0.3, 0.4) is 0 Å². The first kappa shape index (κ1) is 16.1. The summed E-state index contributed by atoms with van der Waals surface area (Å²) in [7, 11) is 0. The Balaban J connectivity index is 1.54. The number of carbonyl (C=O) groups excluding carboxylic acids is 1. The number of carbonyl (C=O) groups is 1. The largest absolute Gasteiger partial charge is 0.340 e. The monoisotopic (exact) mass is 342 g/mol. The number of hydrogen-bond acceptors (Lipinski definition) is 3. The van der Waals surface area contributed by atoms with Crippen molar-refractivity contribution >= 4 is 23.0 Å². The Bertz CT molecular complexity index is 995. The fourth-order valence-corrected chi connectivity index (χ4v) is 3.42. The topological polar surface area (TPSA) is 72.8 Å². The summed E-state index contributed by atoms with van der Waals surface area (Å²) in [5.74, 6) is 0.812. The van der Waals surface area contributed by atoms with Gasteiger partial charge in [-0.2, -0.15) is 5.26 Å². The molecule has 0 unspecified atom stereocenters. The number of imidazole rings is 1.